The van der Waals surface area contributed by atoms with Crippen LogP contribution in [0.2, 0.25) is 0 Å². The molecule has 0 spiro atoms. The minimum absolute atomic E-state index is 0.172. The third kappa shape index (κ3) is 1.80. The Bertz CT molecular complexity index is 918. The second kappa shape index (κ2) is 4.54. The lowest BCUT2D eigenvalue weighted by molar-refractivity contribution is 0.618. The van der Waals surface area contributed by atoms with Gasteiger partial charge in [-0.1, -0.05) is 6.07 Å². The number of nitrogens with zero attached hydrogens (tertiary/aromatic N) is 2. The number of aromatic nitrogens is 2. The van der Waals surface area contributed by atoms with E-state index >= 15 is 0 Å². The number of halogens is 2. The molecule has 0 saturated heterocycles. The van der Waals surface area contributed by atoms with Gasteiger partial charge in [-0.2, -0.15) is 5.26 Å². The number of nitrogens with one attached hydrogen (secondary N) is 1. The van der Waals surface area contributed by atoms with E-state index in [-0.39, 0.29) is 21.5 Å². The molecule has 0 unspecified atom stereocenters. The quantitative estimate of drug-likeness (QED) is 0.691. The molecule has 0 fully saturated rings. The first-order valence-corrected chi connectivity index (χ1v) is 6.12. The Labute approximate surface area is 117 Å². The van der Waals surface area contributed by atoms with Gasteiger partial charge >= 0.3 is 0 Å². The third-order valence-corrected chi connectivity index (χ3v) is 3.27. The lowest BCUT2D eigenvalue weighted by Gasteiger charge is -2.06. The van der Waals surface area contributed by atoms with E-state index in [0.29, 0.717) is 5.52 Å². The predicted molar refractivity (Wildman–Crippen MR) is 73.1 cm³/mol. The molecule has 0 bridgehead atoms. The summed E-state index contributed by atoms with van der Waals surface area (Å²) in [5.74, 6) is -1.05. The fourth-order valence-electron chi connectivity index (χ4n) is 2.09. The molecule has 1 N–H and O–H groups in total. The SMILES string of the molecule is N#Cc1ccc(-n2c(=S)[nH]c3c(F)cccc32)c(F)c1. The minimum Gasteiger partial charge on any atom is -0.328 e. The monoisotopic (exact) mass is 287 g/mol. The number of benzene rings is 2. The van der Waals surface area contributed by atoms with Crippen LogP contribution in [0.1, 0.15) is 5.56 Å². The van der Waals surface area contributed by atoms with Gasteiger partial charge in [0.25, 0.3) is 0 Å². The lowest BCUT2D eigenvalue weighted by Crippen LogP contribution is -1.98. The van der Waals surface area contributed by atoms with Crippen LogP contribution in [0.25, 0.3) is 16.7 Å². The number of nitriles is 1. The molecular weight excluding hydrogens is 280 g/mol. The highest BCUT2D eigenvalue weighted by Crippen LogP contribution is 2.23. The number of hydrogen-bond acceptors (Lipinski definition) is 2. The van der Waals surface area contributed by atoms with E-state index in [1.807, 2.05) is 6.07 Å². The molecule has 0 aliphatic heterocycles. The number of H-pyrrole nitrogens is 1. The van der Waals surface area contributed by atoms with Crippen LogP contribution in [0.3, 0.4) is 0 Å². The maximum absolute atomic E-state index is 14.1. The molecule has 98 valence electrons. The average molecular weight is 287 g/mol. The van der Waals surface area contributed by atoms with Crippen LogP contribution in [-0.2, 0) is 0 Å². The van der Waals surface area contributed by atoms with Crippen molar-refractivity contribution in [2.45, 2.75) is 0 Å². The summed E-state index contributed by atoms with van der Waals surface area (Å²) in [6.07, 6.45) is 0. The summed E-state index contributed by atoms with van der Waals surface area (Å²) in [5.41, 5.74) is 1.05. The van der Waals surface area contributed by atoms with Crippen molar-refractivity contribution < 1.29 is 8.78 Å². The number of rotatable bonds is 1. The van der Waals surface area contributed by atoms with E-state index in [4.69, 9.17) is 17.5 Å². The Kier molecular flexibility index (Phi) is 2.84. The Morgan fingerprint density at radius 3 is 2.65 bits per heavy atom. The molecule has 0 radical (unpaired) electrons. The molecule has 3 rings (SSSR count). The number of aromatic amines is 1. The van der Waals surface area contributed by atoms with Crippen molar-refractivity contribution in [3.8, 4) is 11.8 Å². The number of fused-ring (bicyclic) bond motifs is 1. The average Bonchev–Trinajstić information content (AvgIpc) is 2.77. The van der Waals surface area contributed by atoms with Gasteiger partial charge in [0.15, 0.2) is 4.77 Å². The van der Waals surface area contributed by atoms with Crippen LogP contribution in [0.4, 0.5) is 8.78 Å². The molecule has 3 nitrogen and oxygen atoms in total. The van der Waals surface area contributed by atoms with E-state index in [2.05, 4.69) is 4.98 Å². The maximum atomic E-state index is 14.1. The van der Waals surface area contributed by atoms with Crippen molar-refractivity contribution in [1.82, 2.24) is 9.55 Å². The molecular formula is C14H7F2N3S. The summed E-state index contributed by atoms with van der Waals surface area (Å²) in [6.45, 7) is 0. The Morgan fingerprint density at radius 1 is 1.15 bits per heavy atom. The molecule has 0 amide bonds. The van der Waals surface area contributed by atoms with Gasteiger partial charge < -0.3 is 4.98 Å². The summed E-state index contributed by atoms with van der Waals surface area (Å²) in [6, 6.07) is 10.4. The molecule has 0 saturated carbocycles. The lowest BCUT2D eigenvalue weighted by atomic mass is 10.2. The highest BCUT2D eigenvalue weighted by atomic mass is 32.1. The minimum atomic E-state index is -0.592. The van der Waals surface area contributed by atoms with Crippen LogP contribution in [0.15, 0.2) is 36.4 Å². The summed E-state index contributed by atoms with van der Waals surface area (Å²) < 4.78 is 29.4. The van der Waals surface area contributed by atoms with Gasteiger partial charge in [-0.05, 0) is 42.5 Å². The van der Waals surface area contributed by atoms with E-state index in [1.54, 1.807) is 6.07 Å². The largest absolute Gasteiger partial charge is 0.328 e. The molecule has 0 aliphatic carbocycles. The smallest absolute Gasteiger partial charge is 0.182 e. The van der Waals surface area contributed by atoms with Crippen molar-refractivity contribution >= 4 is 23.3 Å². The van der Waals surface area contributed by atoms with Gasteiger partial charge in [-0.3, -0.25) is 4.57 Å². The molecule has 1 heterocycles. The van der Waals surface area contributed by atoms with Crippen molar-refractivity contribution in [2.24, 2.45) is 0 Å². The molecule has 20 heavy (non-hydrogen) atoms. The standard InChI is InChI=1S/C14H7F2N3S/c15-9-2-1-3-12-13(9)18-14(20)19(12)11-5-4-8(7-17)6-10(11)16/h1-6H,(H,18,20). The second-order valence-corrected chi connectivity index (χ2v) is 4.56. The summed E-state index contributed by atoms with van der Waals surface area (Å²) in [4.78, 5) is 2.72. The van der Waals surface area contributed by atoms with Gasteiger partial charge in [-0.15, -0.1) is 0 Å². The van der Waals surface area contributed by atoms with Crippen LogP contribution in [0, 0.1) is 27.7 Å². The molecule has 6 heteroatoms. The van der Waals surface area contributed by atoms with Crippen molar-refractivity contribution in [2.75, 3.05) is 0 Å². The first kappa shape index (κ1) is 12.5. The van der Waals surface area contributed by atoms with Gasteiger partial charge in [0.1, 0.15) is 17.2 Å². The first-order valence-electron chi connectivity index (χ1n) is 5.71. The van der Waals surface area contributed by atoms with Gasteiger partial charge in [0.2, 0.25) is 0 Å². The predicted octanol–water partition coefficient (Wildman–Crippen LogP) is 3.84. The van der Waals surface area contributed by atoms with E-state index in [1.165, 1.54) is 28.8 Å². The van der Waals surface area contributed by atoms with Crippen LogP contribution >= 0.6 is 12.2 Å². The second-order valence-electron chi connectivity index (χ2n) is 4.18. The van der Waals surface area contributed by atoms with Crippen LogP contribution in [-0.4, -0.2) is 9.55 Å². The first-order chi connectivity index (χ1) is 9.61. The number of para-hydroxylation sites is 1. The van der Waals surface area contributed by atoms with Gasteiger partial charge in [0, 0.05) is 0 Å². The normalized spacial score (nSPS) is 10.7. The summed E-state index contributed by atoms with van der Waals surface area (Å²) in [5, 5.41) is 8.75. The highest BCUT2D eigenvalue weighted by Gasteiger charge is 2.13. The van der Waals surface area contributed by atoms with Crippen molar-refractivity contribution in [1.29, 1.82) is 5.26 Å². The summed E-state index contributed by atoms with van der Waals surface area (Å²) >= 11 is 5.12. The molecule has 0 aliphatic rings. The Balaban J connectivity index is 2.36. The molecule has 2 aromatic carbocycles. The zero-order valence-corrected chi connectivity index (χ0v) is 10.8. The van der Waals surface area contributed by atoms with Gasteiger partial charge in [-0.25, -0.2) is 8.78 Å². The zero-order chi connectivity index (χ0) is 14.3. The fraction of sp³-hybridized carbons (Fsp3) is 0. The zero-order valence-electron chi connectivity index (χ0n) is 10.0. The molecule has 3 aromatic rings. The van der Waals surface area contributed by atoms with Crippen LogP contribution < -0.4 is 0 Å². The topological polar surface area (TPSA) is 44.5 Å². The number of hydrogen-bond donors (Lipinski definition) is 1. The van der Waals surface area contributed by atoms with E-state index in [0.717, 1.165) is 6.07 Å². The van der Waals surface area contributed by atoms with Crippen molar-refractivity contribution in [3.05, 3.63) is 58.4 Å². The van der Waals surface area contributed by atoms with E-state index < -0.39 is 11.6 Å². The third-order valence-electron chi connectivity index (χ3n) is 2.99. The molecule has 1 aromatic heterocycles. The Hall–Kier alpha value is -2.52. The van der Waals surface area contributed by atoms with Gasteiger partial charge in [0.05, 0.1) is 22.8 Å². The number of imidazole rings is 1. The Morgan fingerprint density at radius 2 is 1.95 bits per heavy atom. The highest BCUT2D eigenvalue weighted by molar-refractivity contribution is 7.71. The summed E-state index contributed by atoms with van der Waals surface area (Å²) in [7, 11) is 0. The van der Waals surface area contributed by atoms with E-state index in [9.17, 15) is 8.78 Å². The van der Waals surface area contributed by atoms with Crippen molar-refractivity contribution in [3.63, 3.8) is 0 Å². The van der Waals surface area contributed by atoms with Crippen LogP contribution in [0.5, 0.6) is 0 Å². The molecule has 0 atom stereocenters. The maximum Gasteiger partial charge on any atom is 0.182 e. The fourth-order valence-corrected chi connectivity index (χ4v) is 2.39.